The number of piperidine rings is 1. The summed E-state index contributed by atoms with van der Waals surface area (Å²) in [5.74, 6) is -0.741. The Balaban J connectivity index is 2.30. The fourth-order valence-corrected chi connectivity index (χ4v) is 3.08. The molecule has 1 unspecified atom stereocenters. The molecule has 1 aliphatic heterocycles. The zero-order valence-corrected chi connectivity index (χ0v) is 12.2. The van der Waals surface area contributed by atoms with E-state index in [0.29, 0.717) is 30.0 Å². The van der Waals surface area contributed by atoms with Crippen LogP contribution in [0.25, 0.3) is 0 Å². The Labute approximate surface area is 123 Å². The number of carbonyl (C=O) groups is 1. The molecule has 4 nitrogen and oxygen atoms in total. The lowest BCUT2D eigenvalue weighted by Gasteiger charge is -2.41. The molecule has 1 fully saturated rings. The van der Waals surface area contributed by atoms with Crippen LogP contribution in [0.4, 0.5) is 5.69 Å². The van der Waals surface area contributed by atoms with Crippen molar-refractivity contribution >= 4 is 23.3 Å². The lowest BCUT2D eigenvalue weighted by Crippen LogP contribution is -2.47. The first-order valence-corrected chi connectivity index (χ1v) is 7.08. The van der Waals surface area contributed by atoms with Gasteiger partial charge in [-0.1, -0.05) is 18.5 Å². The monoisotopic (exact) mass is 292 g/mol. The molecular formula is C15H17ClN2O2. The van der Waals surface area contributed by atoms with Gasteiger partial charge in [0.25, 0.3) is 0 Å². The summed E-state index contributed by atoms with van der Waals surface area (Å²) < 4.78 is 0. The second kappa shape index (κ2) is 5.72. The highest BCUT2D eigenvalue weighted by Gasteiger charge is 2.41. The van der Waals surface area contributed by atoms with Crippen molar-refractivity contribution in [3.8, 4) is 6.07 Å². The minimum absolute atomic E-state index is 0.463. The molecule has 20 heavy (non-hydrogen) atoms. The van der Waals surface area contributed by atoms with Crippen molar-refractivity contribution in [3.63, 3.8) is 0 Å². The molecule has 0 amide bonds. The van der Waals surface area contributed by atoms with Crippen LogP contribution >= 0.6 is 11.6 Å². The van der Waals surface area contributed by atoms with Crippen LogP contribution in [0.5, 0.6) is 0 Å². The number of carboxylic acids is 1. The van der Waals surface area contributed by atoms with E-state index < -0.39 is 11.4 Å². The maximum Gasteiger partial charge on any atom is 0.311 e. The summed E-state index contributed by atoms with van der Waals surface area (Å²) in [6.07, 6.45) is 2.13. The molecule has 0 saturated carbocycles. The van der Waals surface area contributed by atoms with Crippen LogP contribution in [0.2, 0.25) is 5.02 Å². The number of nitriles is 1. The number of anilines is 1. The van der Waals surface area contributed by atoms with Crippen molar-refractivity contribution in [1.29, 1.82) is 5.26 Å². The van der Waals surface area contributed by atoms with E-state index in [1.165, 1.54) is 0 Å². The Kier molecular flexibility index (Phi) is 4.20. The van der Waals surface area contributed by atoms with Crippen LogP contribution in [0.1, 0.15) is 31.7 Å². The van der Waals surface area contributed by atoms with Gasteiger partial charge in [-0.15, -0.1) is 0 Å². The molecule has 0 spiro atoms. The van der Waals surface area contributed by atoms with Gasteiger partial charge < -0.3 is 10.0 Å². The number of hydrogen-bond donors (Lipinski definition) is 1. The van der Waals surface area contributed by atoms with Gasteiger partial charge >= 0.3 is 5.97 Å². The molecule has 1 N–H and O–H groups in total. The van der Waals surface area contributed by atoms with Crippen molar-refractivity contribution in [3.05, 3.63) is 28.8 Å². The average Bonchev–Trinajstić information content (AvgIpc) is 2.46. The molecule has 1 aliphatic rings. The van der Waals surface area contributed by atoms with Crippen LogP contribution in [0, 0.1) is 16.7 Å². The predicted octanol–water partition coefficient (Wildman–Crippen LogP) is 3.29. The molecule has 106 valence electrons. The molecule has 1 atom stereocenters. The zero-order valence-electron chi connectivity index (χ0n) is 11.4. The van der Waals surface area contributed by atoms with E-state index >= 15 is 0 Å². The lowest BCUT2D eigenvalue weighted by molar-refractivity contribution is -0.149. The molecule has 1 heterocycles. The molecule has 0 radical (unpaired) electrons. The maximum atomic E-state index is 11.6. The third kappa shape index (κ3) is 2.59. The van der Waals surface area contributed by atoms with Gasteiger partial charge in [-0.2, -0.15) is 5.26 Å². The van der Waals surface area contributed by atoms with Crippen LogP contribution in [-0.2, 0) is 4.79 Å². The van der Waals surface area contributed by atoms with Crippen molar-refractivity contribution in [2.45, 2.75) is 26.2 Å². The van der Waals surface area contributed by atoms with Gasteiger partial charge in [0.15, 0.2) is 0 Å². The van der Waals surface area contributed by atoms with Gasteiger partial charge in [-0.3, -0.25) is 4.79 Å². The van der Waals surface area contributed by atoms with Gasteiger partial charge in [0.05, 0.1) is 27.8 Å². The quantitative estimate of drug-likeness (QED) is 0.928. The van der Waals surface area contributed by atoms with Crippen molar-refractivity contribution in [2.75, 3.05) is 18.0 Å². The Morgan fingerprint density at radius 1 is 1.60 bits per heavy atom. The van der Waals surface area contributed by atoms with Crippen molar-refractivity contribution < 1.29 is 9.90 Å². The highest BCUT2D eigenvalue weighted by Crippen LogP contribution is 2.38. The zero-order chi connectivity index (χ0) is 14.8. The SMILES string of the molecule is CCC1(C(=O)O)CCCN(c2ccc(C#N)cc2Cl)C1. The number of nitrogens with zero attached hydrogens (tertiary/aromatic N) is 2. The molecule has 0 aromatic heterocycles. The van der Waals surface area contributed by atoms with E-state index in [4.69, 9.17) is 16.9 Å². The number of rotatable bonds is 3. The number of halogens is 1. The van der Waals surface area contributed by atoms with Crippen LogP contribution < -0.4 is 4.90 Å². The van der Waals surface area contributed by atoms with Gasteiger partial charge in [0.1, 0.15) is 0 Å². The molecule has 0 aliphatic carbocycles. The van der Waals surface area contributed by atoms with Gasteiger partial charge in [-0.05, 0) is 37.5 Å². The fraction of sp³-hybridized carbons (Fsp3) is 0.467. The average molecular weight is 293 g/mol. The standard InChI is InChI=1S/C15H17ClN2O2/c1-2-15(14(19)20)6-3-7-18(10-15)13-5-4-11(9-17)8-12(13)16/h4-5,8H,2-3,6-7,10H2,1H3,(H,19,20). The first-order chi connectivity index (χ1) is 9.52. The molecular weight excluding hydrogens is 276 g/mol. The third-order valence-electron chi connectivity index (χ3n) is 4.12. The van der Waals surface area contributed by atoms with Gasteiger partial charge in [0.2, 0.25) is 0 Å². The first kappa shape index (κ1) is 14.7. The molecule has 0 bridgehead atoms. The smallest absolute Gasteiger partial charge is 0.311 e. The fourth-order valence-electron chi connectivity index (χ4n) is 2.78. The first-order valence-electron chi connectivity index (χ1n) is 6.70. The van der Waals surface area contributed by atoms with E-state index in [-0.39, 0.29) is 0 Å². The second-order valence-corrected chi connectivity index (χ2v) is 5.65. The minimum atomic E-state index is -0.741. The third-order valence-corrected chi connectivity index (χ3v) is 4.43. The van der Waals surface area contributed by atoms with Crippen LogP contribution in [0.15, 0.2) is 18.2 Å². The van der Waals surface area contributed by atoms with Gasteiger partial charge in [-0.25, -0.2) is 0 Å². The predicted molar refractivity (Wildman–Crippen MR) is 78.0 cm³/mol. The largest absolute Gasteiger partial charge is 0.481 e. The summed E-state index contributed by atoms with van der Waals surface area (Å²) in [4.78, 5) is 13.6. The van der Waals surface area contributed by atoms with E-state index in [1.807, 2.05) is 17.9 Å². The molecule has 1 aromatic carbocycles. The summed E-state index contributed by atoms with van der Waals surface area (Å²) in [5.41, 5.74) is 0.621. The number of benzene rings is 1. The summed E-state index contributed by atoms with van der Waals surface area (Å²) in [6.45, 7) is 3.17. The highest BCUT2D eigenvalue weighted by molar-refractivity contribution is 6.33. The molecule has 5 heteroatoms. The van der Waals surface area contributed by atoms with Crippen molar-refractivity contribution in [2.24, 2.45) is 5.41 Å². The maximum absolute atomic E-state index is 11.6. The van der Waals surface area contributed by atoms with Crippen molar-refractivity contribution in [1.82, 2.24) is 0 Å². The van der Waals surface area contributed by atoms with E-state index in [9.17, 15) is 9.90 Å². The van der Waals surface area contributed by atoms with Gasteiger partial charge in [0, 0.05) is 13.1 Å². The number of hydrogen-bond acceptors (Lipinski definition) is 3. The van der Waals surface area contributed by atoms with E-state index in [0.717, 1.165) is 18.7 Å². The summed E-state index contributed by atoms with van der Waals surface area (Å²) >= 11 is 6.22. The lowest BCUT2D eigenvalue weighted by atomic mass is 9.77. The van der Waals surface area contributed by atoms with Crippen LogP contribution in [-0.4, -0.2) is 24.2 Å². The highest BCUT2D eigenvalue weighted by atomic mass is 35.5. The topological polar surface area (TPSA) is 64.3 Å². The van der Waals surface area contributed by atoms with E-state index in [1.54, 1.807) is 18.2 Å². The molecule has 1 saturated heterocycles. The minimum Gasteiger partial charge on any atom is -0.481 e. The number of carboxylic acid groups (broad SMARTS) is 1. The Morgan fingerprint density at radius 2 is 2.35 bits per heavy atom. The normalized spacial score (nSPS) is 22.4. The Bertz CT molecular complexity index is 567. The van der Waals surface area contributed by atoms with E-state index in [2.05, 4.69) is 0 Å². The summed E-state index contributed by atoms with van der Waals surface area (Å²) in [5, 5.41) is 18.9. The Hall–Kier alpha value is -1.73. The second-order valence-electron chi connectivity index (χ2n) is 5.24. The Morgan fingerprint density at radius 3 is 2.90 bits per heavy atom. The summed E-state index contributed by atoms with van der Waals surface area (Å²) in [7, 11) is 0. The summed E-state index contributed by atoms with van der Waals surface area (Å²) in [6, 6.07) is 7.18. The number of aliphatic carboxylic acids is 1. The molecule has 2 rings (SSSR count). The van der Waals surface area contributed by atoms with Crippen LogP contribution in [0.3, 0.4) is 0 Å². The molecule has 1 aromatic rings.